The number of nitrogens with zero attached hydrogens (tertiary/aromatic N) is 1. The van der Waals surface area contributed by atoms with Crippen LogP contribution in [-0.2, 0) is 0 Å². The van der Waals surface area contributed by atoms with E-state index >= 15 is 0 Å². The summed E-state index contributed by atoms with van der Waals surface area (Å²) >= 11 is 1.54. The topological polar surface area (TPSA) is 29.5 Å². The van der Waals surface area contributed by atoms with Gasteiger partial charge in [-0.1, -0.05) is 0 Å². The molecule has 23 heavy (non-hydrogen) atoms. The second kappa shape index (κ2) is 6.01. The van der Waals surface area contributed by atoms with E-state index in [1.165, 1.54) is 35.6 Å². The molecule has 0 aliphatic heterocycles. The summed E-state index contributed by atoms with van der Waals surface area (Å²) in [5, 5.41) is 1.76. The first-order valence-corrected chi connectivity index (χ1v) is 7.91. The Kier molecular flexibility index (Phi) is 4.05. The monoisotopic (exact) mass is 329 g/mol. The molecule has 118 valence electrons. The molecule has 0 spiro atoms. The van der Waals surface area contributed by atoms with Gasteiger partial charge in [0.25, 0.3) is 0 Å². The maximum absolute atomic E-state index is 13.1. The van der Waals surface area contributed by atoms with Crippen molar-refractivity contribution in [3.05, 3.63) is 59.4 Å². The highest BCUT2D eigenvalue weighted by molar-refractivity contribution is 7.23. The Labute approximate surface area is 137 Å². The first kappa shape index (κ1) is 15.5. The van der Waals surface area contributed by atoms with Crippen LogP contribution in [0.2, 0.25) is 0 Å². The van der Waals surface area contributed by atoms with E-state index < -0.39 is 0 Å². The fraction of sp³-hybridized carbons (Fsp3) is 0.167. The van der Waals surface area contributed by atoms with Crippen LogP contribution in [0, 0.1) is 5.82 Å². The molecular weight excluding hydrogens is 313 g/mol. The molecule has 0 atom stereocenters. The molecule has 0 aliphatic carbocycles. The predicted molar refractivity (Wildman–Crippen MR) is 92.5 cm³/mol. The number of hydrogen-bond acceptors (Lipinski definition) is 4. The summed E-state index contributed by atoms with van der Waals surface area (Å²) in [6, 6.07) is 11.3. The lowest BCUT2D eigenvalue weighted by Gasteiger charge is -2.12. The van der Waals surface area contributed by atoms with Crippen LogP contribution in [0.3, 0.4) is 0 Å². The third-order valence-corrected chi connectivity index (χ3v) is 4.94. The highest BCUT2D eigenvalue weighted by Gasteiger charge is 2.22. The van der Waals surface area contributed by atoms with Crippen molar-refractivity contribution < 1.29 is 13.9 Å². The number of hydrogen-bond donors (Lipinski definition) is 0. The van der Waals surface area contributed by atoms with Crippen molar-refractivity contribution in [2.24, 2.45) is 0 Å². The summed E-state index contributed by atoms with van der Waals surface area (Å²) in [7, 11) is 5.43. The molecule has 2 aromatic carbocycles. The normalized spacial score (nSPS) is 10.8. The van der Waals surface area contributed by atoms with Crippen LogP contribution in [0.1, 0.15) is 15.9 Å². The van der Waals surface area contributed by atoms with Crippen LogP contribution in [0.4, 0.5) is 9.39 Å². The van der Waals surface area contributed by atoms with Gasteiger partial charge in [-0.15, -0.1) is 11.3 Å². The van der Waals surface area contributed by atoms with Crippen molar-refractivity contribution in [1.82, 2.24) is 0 Å². The van der Waals surface area contributed by atoms with Gasteiger partial charge in [0.1, 0.15) is 16.6 Å². The number of ketones is 1. The van der Waals surface area contributed by atoms with E-state index in [1.54, 1.807) is 7.11 Å². The van der Waals surface area contributed by atoms with Crippen LogP contribution in [0.25, 0.3) is 10.1 Å². The zero-order valence-electron chi connectivity index (χ0n) is 13.1. The minimum atomic E-state index is -0.353. The van der Waals surface area contributed by atoms with Crippen LogP contribution in [-0.4, -0.2) is 27.0 Å². The van der Waals surface area contributed by atoms with E-state index in [1.807, 2.05) is 37.2 Å². The van der Waals surface area contributed by atoms with E-state index in [4.69, 9.17) is 4.74 Å². The summed E-state index contributed by atoms with van der Waals surface area (Å²) in [6.07, 6.45) is 0. The first-order chi connectivity index (χ1) is 11.0. The summed E-state index contributed by atoms with van der Waals surface area (Å²) in [5.74, 6) is 0.296. The van der Waals surface area contributed by atoms with E-state index in [2.05, 4.69) is 0 Å². The molecule has 0 aliphatic rings. The van der Waals surface area contributed by atoms with Gasteiger partial charge < -0.3 is 9.64 Å². The standard InChI is InChI=1S/C18H16FNO2S/c1-20(2)18-16(17(21)11-4-6-12(19)7-5-11)14-9-8-13(22-3)10-15(14)23-18/h4-10H,1-3H3. The molecule has 0 saturated carbocycles. The molecule has 5 heteroatoms. The number of benzene rings is 2. The minimum Gasteiger partial charge on any atom is -0.497 e. The van der Waals surface area contributed by atoms with Gasteiger partial charge in [0.05, 0.1) is 12.7 Å². The second-order valence-corrected chi connectivity index (χ2v) is 6.41. The molecule has 3 rings (SSSR count). The molecule has 0 saturated heterocycles. The van der Waals surface area contributed by atoms with Crippen molar-refractivity contribution >= 4 is 32.2 Å². The first-order valence-electron chi connectivity index (χ1n) is 7.09. The van der Waals surface area contributed by atoms with Crippen molar-refractivity contribution in [3.8, 4) is 5.75 Å². The van der Waals surface area contributed by atoms with E-state index in [0.717, 1.165) is 20.8 Å². The summed E-state index contributed by atoms with van der Waals surface area (Å²) in [6.45, 7) is 0. The lowest BCUT2D eigenvalue weighted by atomic mass is 10.0. The maximum atomic E-state index is 13.1. The summed E-state index contributed by atoms with van der Waals surface area (Å²) in [5.41, 5.74) is 1.12. The molecule has 3 nitrogen and oxygen atoms in total. The summed E-state index contributed by atoms with van der Waals surface area (Å²) < 4.78 is 19.3. The number of methoxy groups -OCH3 is 1. The van der Waals surface area contributed by atoms with Crippen molar-refractivity contribution in [2.45, 2.75) is 0 Å². The van der Waals surface area contributed by atoms with Crippen molar-refractivity contribution in [2.75, 3.05) is 26.1 Å². The predicted octanol–water partition coefficient (Wildman–Crippen LogP) is 4.35. The molecule has 0 unspecified atom stereocenters. The average Bonchev–Trinajstić information content (AvgIpc) is 2.93. The molecule has 0 amide bonds. The number of ether oxygens (including phenoxy) is 1. The third-order valence-electron chi connectivity index (χ3n) is 3.62. The minimum absolute atomic E-state index is 0.106. The molecule has 1 heterocycles. The lowest BCUT2D eigenvalue weighted by molar-refractivity contribution is 0.104. The Balaban J connectivity index is 2.19. The Bertz CT molecular complexity index is 869. The zero-order valence-corrected chi connectivity index (χ0v) is 13.9. The van der Waals surface area contributed by atoms with E-state index in [-0.39, 0.29) is 11.6 Å². The van der Waals surface area contributed by atoms with Crippen LogP contribution in [0.5, 0.6) is 5.75 Å². The highest BCUT2D eigenvalue weighted by Crippen LogP contribution is 2.40. The fourth-order valence-corrected chi connectivity index (χ4v) is 3.62. The average molecular weight is 329 g/mol. The smallest absolute Gasteiger partial charge is 0.196 e. The third kappa shape index (κ3) is 2.80. The number of anilines is 1. The molecule has 3 aromatic rings. The number of fused-ring (bicyclic) bond motifs is 1. The summed E-state index contributed by atoms with van der Waals surface area (Å²) in [4.78, 5) is 14.9. The Morgan fingerprint density at radius 2 is 1.83 bits per heavy atom. The highest BCUT2D eigenvalue weighted by atomic mass is 32.1. The molecule has 0 N–H and O–H groups in total. The van der Waals surface area contributed by atoms with Gasteiger partial charge in [-0.05, 0) is 42.5 Å². The van der Waals surface area contributed by atoms with Crippen LogP contribution >= 0.6 is 11.3 Å². The number of thiophene rings is 1. The van der Waals surface area contributed by atoms with Crippen molar-refractivity contribution in [1.29, 1.82) is 0 Å². The van der Waals surface area contributed by atoms with Gasteiger partial charge in [0.2, 0.25) is 0 Å². The van der Waals surface area contributed by atoms with Gasteiger partial charge in [-0.3, -0.25) is 4.79 Å². The quantitative estimate of drug-likeness (QED) is 0.667. The largest absolute Gasteiger partial charge is 0.497 e. The Morgan fingerprint density at radius 3 is 2.43 bits per heavy atom. The fourth-order valence-electron chi connectivity index (χ4n) is 2.47. The number of carbonyl (C=O) groups excluding carboxylic acids is 1. The van der Waals surface area contributed by atoms with Gasteiger partial charge >= 0.3 is 0 Å². The molecule has 0 radical (unpaired) electrons. The van der Waals surface area contributed by atoms with Gasteiger partial charge in [0.15, 0.2) is 5.78 Å². The molecular formula is C18H16FNO2S. The van der Waals surface area contributed by atoms with Crippen LogP contribution < -0.4 is 9.64 Å². The maximum Gasteiger partial charge on any atom is 0.196 e. The number of rotatable bonds is 4. The van der Waals surface area contributed by atoms with Crippen LogP contribution in [0.15, 0.2) is 42.5 Å². The van der Waals surface area contributed by atoms with Gasteiger partial charge in [0, 0.05) is 29.7 Å². The second-order valence-electron chi connectivity index (χ2n) is 5.37. The van der Waals surface area contributed by atoms with Gasteiger partial charge in [-0.25, -0.2) is 4.39 Å². The number of carbonyl (C=O) groups is 1. The molecule has 0 fully saturated rings. The Morgan fingerprint density at radius 1 is 1.13 bits per heavy atom. The molecule has 1 aromatic heterocycles. The van der Waals surface area contributed by atoms with E-state index in [0.29, 0.717) is 11.1 Å². The number of halogens is 1. The van der Waals surface area contributed by atoms with Gasteiger partial charge in [-0.2, -0.15) is 0 Å². The SMILES string of the molecule is COc1ccc2c(C(=O)c3ccc(F)cc3)c(N(C)C)sc2c1. The Hall–Kier alpha value is -2.40. The van der Waals surface area contributed by atoms with Crippen molar-refractivity contribution in [3.63, 3.8) is 0 Å². The lowest BCUT2D eigenvalue weighted by Crippen LogP contribution is -2.12. The zero-order chi connectivity index (χ0) is 16.6. The van der Waals surface area contributed by atoms with E-state index in [9.17, 15) is 9.18 Å². The molecule has 0 bridgehead atoms.